The monoisotopic (exact) mass is 653 g/mol. The summed E-state index contributed by atoms with van der Waals surface area (Å²) >= 11 is 0. The average molecular weight is 654 g/mol. The zero-order chi connectivity index (χ0) is 34.7. The molecule has 0 fully saturated rings. The second-order valence-corrected chi connectivity index (χ2v) is 16.7. The van der Waals surface area contributed by atoms with Crippen LogP contribution in [0.5, 0.6) is 0 Å². The predicted octanol–water partition coefficient (Wildman–Crippen LogP) is 13.9. The molecule has 0 N–H and O–H groups in total. The molecule has 50 heavy (non-hydrogen) atoms. The van der Waals surface area contributed by atoms with Crippen molar-refractivity contribution in [1.29, 1.82) is 0 Å². The Morgan fingerprint density at radius 3 is 2.00 bits per heavy atom. The van der Waals surface area contributed by atoms with Crippen LogP contribution in [0.2, 0.25) is 0 Å². The first-order valence-electron chi connectivity index (χ1n) is 17.8. The van der Waals surface area contributed by atoms with Gasteiger partial charge in [-0.15, -0.1) is 0 Å². The van der Waals surface area contributed by atoms with Crippen LogP contribution in [0.3, 0.4) is 0 Å². The van der Waals surface area contributed by atoms with Crippen molar-refractivity contribution in [3.05, 3.63) is 138 Å². The van der Waals surface area contributed by atoms with E-state index in [1.807, 2.05) is 6.07 Å². The molecule has 248 valence electrons. The molecule has 3 nitrogen and oxygen atoms in total. The third kappa shape index (κ3) is 4.49. The molecule has 1 aliphatic rings. The van der Waals surface area contributed by atoms with E-state index in [1.165, 1.54) is 33.4 Å². The topological polar surface area (TPSA) is 29.5 Å². The first-order valence-corrected chi connectivity index (χ1v) is 17.8. The molecule has 0 saturated carbocycles. The van der Waals surface area contributed by atoms with Crippen molar-refractivity contribution in [3.8, 4) is 11.1 Å². The van der Waals surface area contributed by atoms with Crippen molar-refractivity contribution in [1.82, 2.24) is 0 Å². The van der Waals surface area contributed by atoms with Crippen LogP contribution >= 0.6 is 0 Å². The number of nitrogens with zero attached hydrogens (tertiary/aromatic N) is 1. The normalized spacial score (nSPS) is 14.2. The lowest BCUT2D eigenvalue weighted by atomic mass is 9.79. The van der Waals surface area contributed by atoms with Crippen LogP contribution in [0.1, 0.15) is 77.6 Å². The van der Waals surface area contributed by atoms with Gasteiger partial charge in [0.05, 0.1) is 11.1 Å². The minimum atomic E-state index is -0.126. The molecule has 0 saturated heterocycles. The Morgan fingerprint density at radius 2 is 1.20 bits per heavy atom. The van der Waals surface area contributed by atoms with Crippen LogP contribution < -0.4 is 4.90 Å². The van der Waals surface area contributed by atoms with E-state index in [0.29, 0.717) is 0 Å². The fourth-order valence-electron chi connectivity index (χ4n) is 8.20. The lowest BCUT2D eigenvalue weighted by Crippen LogP contribution is -2.16. The number of para-hydroxylation sites is 1. The van der Waals surface area contributed by atoms with Crippen LogP contribution in [-0.2, 0) is 16.2 Å². The maximum Gasteiger partial charge on any atom is 0.139 e. The second kappa shape index (κ2) is 10.4. The summed E-state index contributed by atoms with van der Waals surface area (Å²) in [5.41, 5.74) is 14.6. The summed E-state index contributed by atoms with van der Waals surface area (Å²) in [6.45, 7) is 18.4. The molecule has 1 aliphatic carbocycles. The molecule has 0 spiro atoms. The molecule has 0 bridgehead atoms. The SMILES string of the molecule is CC(C)(C)c1cc(C(C)(C)C)c2oc3ccc(N(c4ccc5c(c4)C(C)(C)c4ccccc4-5)c4cccc5oc6ccccc6c45)cc3c2c1. The van der Waals surface area contributed by atoms with E-state index in [1.54, 1.807) is 0 Å². The highest BCUT2D eigenvalue weighted by atomic mass is 16.3. The summed E-state index contributed by atoms with van der Waals surface area (Å²) in [6, 6.07) is 42.0. The summed E-state index contributed by atoms with van der Waals surface area (Å²) in [4.78, 5) is 2.42. The van der Waals surface area contributed by atoms with E-state index < -0.39 is 0 Å². The van der Waals surface area contributed by atoms with Gasteiger partial charge >= 0.3 is 0 Å². The van der Waals surface area contributed by atoms with E-state index >= 15 is 0 Å². The van der Waals surface area contributed by atoms with Crippen molar-refractivity contribution in [3.63, 3.8) is 0 Å². The van der Waals surface area contributed by atoms with Crippen LogP contribution in [0.25, 0.3) is 55.0 Å². The molecule has 9 rings (SSSR count). The minimum Gasteiger partial charge on any atom is -0.456 e. The van der Waals surface area contributed by atoms with Crippen LogP contribution in [-0.4, -0.2) is 0 Å². The molecule has 0 unspecified atom stereocenters. The summed E-state index contributed by atoms with van der Waals surface area (Å²) in [7, 11) is 0. The van der Waals surface area contributed by atoms with E-state index in [9.17, 15) is 0 Å². The van der Waals surface area contributed by atoms with Gasteiger partial charge in [-0.3, -0.25) is 0 Å². The number of rotatable bonds is 3. The van der Waals surface area contributed by atoms with Gasteiger partial charge in [-0.2, -0.15) is 0 Å². The largest absolute Gasteiger partial charge is 0.456 e. The molecule has 0 aliphatic heterocycles. The van der Waals surface area contributed by atoms with Crippen LogP contribution in [0.15, 0.2) is 124 Å². The number of hydrogen-bond donors (Lipinski definition) is 0. The van der Waals surface area contributed by atoms with Gasteiger partial charge < -0.3 is 13.7 Å². The summed E-state index contributed by atoms with van der Waals surface area (Å²) in [6.07, 6.45) is 0. The summed E-state index contributed by atoms with van der Waals surface area (Å²) < 4.78 is 13.2. The zero-order valence-corrected chi connectivity index (χ0v) is 30.2. The standard InChI is InChI=1S/C47H43NO2/c1-45(2,3)28-24-35-34-26-29(21-23-41(34)50-44(35)38(25-28)46(4,5)6)48(39-17-13-19-42-43(39)33-15-10-12-18-40(33)49-42)30-20-22-32-31-14-9-11-16-36(31)47(7,8)37(32)27-30/h9-27H,1-8H3. The van der Waals surface area contributed by atoms with E-state index in [2.05, 4.69) is 169 Å². The van der Waals surface area contributed by atoms with E-state index in [-0.39, 0.29) is 16.2 Å². The number of hydrogen-bond acceptors (Lipinski definition) is 3. The molecule has 8 aromatic rings. The highest BCUT2D eigenvalue weighted by Gasteiger charge is 2.36. The highest BCUT2D eigenvalue weighted by Crippen LogP contribution is 2.52. The van der Waals surface area contributed by atoms with Crippen LogP contribution in [0, 0.1) is 0 Å². The predicted molar refractivity (Wildman–Crippen MR) is 211 cm³/mol. The van der Waals surface area contributed by atoms with Crippen molar-refractivity contribution in [2.24, 2.45) is 0 Å². The fraction of sp³-hybridized carbons (Fsp3) is 0.234. The van der Waals surface area contributed by atoms with Crippen molar-refractivity contribution in [2.75, 3.05) is 4.90 Å². The third-order valence-corrected chi connectivity index (χ3v) is 10.9. The number of furan rings is 2. The number of anilines is 3. The van der Waals surface area contributed by atoms with Crippen LogP contribution in [0.4, 0.5) is 17.1 Å². The molecule has 2 aromatic heterocycles. The molecular formula is C47H43NO2. The second-order valence-electron chi connectivity index (χ2n) is 16.7. The van der Waals surface area contributed by atoms with Gasteiger partial charge in [-0.1, -0.05) is 116 Å². The Kier molecular flexibility index (Phi) is 6.38. The van der Waals surface area contributed by atoms with Gasteiger partial charge in [-0.25, -0.2) is 0 Å². The van der Waals surface area contributed by atoms with Gasteiger partial charge in [0.25, 0.3) is 0 Å². The Bertz CT molecular complexity index is 2650. The van der Waals surface area contributed by atoms with Crippen molar-refractivity contribution >= 4 is 60.9 Å². The van der Waals surface area contributed by atoms with E-state index in [4.69, 9.17) is 8.83 Å². The molecular weight excluding hydrogens is 611 g/mol. The molecule has 0 atom stereocenters. The maximum atomic E-state index is 6.73. The third-order valence-electron chi connectivity index (χ3n) is 10.9. The summed E-state index contributed by atoms with van der Waals surface area (Å²) in [5, 5.41) is 4.50. The zero-order valence-electron chi connectivity index (χ0n) is 30.2. The Morgan fingerprint density at radius 1 is 0.520 bits per heavy atom. The fourth-order valence-corrected chi connectivity index (χ4v) is 8.20. The van der Waals surface area contributed by atoms with Gasteiger partial charge in [0, 0.05) is 38.5 Å². The van der Waals surface area contributed by atoms with Gasteiger partial charge in [0.15, 0.2) is 0 Å². The number of fused-ring (bicyclic) bond motifs is 9. The van der Waals surface area contributed by atoms with Crippen molar-refractivity contribution < 1.29 is 8.83 Å². The molecule has 0 radical (unpaired) electrons. The van der Waals surface area contributed by atoms with Gasteiger partial charge in [-0.05, 0) is 93.2 Å². The summed E-state index contributed by atoms with van der Waals surface area (Å²) in [5.74, 6) is 0. The van der Waals surface area contributed by atoms with Gasteiger partial charge in [0.1, 0.15) is 22.3 Å². The lowest BCUT2D eigenvalue weighted by molar-refractivity contribution is 0.559. The van der Waals surface area contributed by atoms with E-state index in [0.717, 1.165) is 60.9 Å². The van der Waals surface area contributed by atoms with Gasteiger partial charge in [0.2, 0.25) is 0 Å². The Hall–Kier alpha value is -5.28. The Balaban J connectivity index is 1.34. The van der Waals surface area contributed by atoms with Crippen molar-refractivity contribution in [2.45, 2.75) is 71.6 Å². The smallest absolute Gasteiger partial charge is 0.139 e. The molecule has 2 heterocycles. The molecule has 0 amide bonds. The molecule has 3 heteroatoms. The Labute approximate surface area is 294 Å². The highest BCUT2D eigenvalue weighted by molar-refractivity contribution is 6.14. The quantitative estimate of drug-likeness (QED) is 0.190. The first kappa shape index (κ1) is 30.8. The lowest BCUT2D eigenvalue weighted by Gasteiger charge is -2.28. The number of benzene rings is 6. The average Bonchev–Trinajstić information content (AvgIpc) is 3.72. The minimum absolute atomic E-state index is 0.00574. The first-order chi connectivity index (χ1) is 23.8. The maximum absolute atomic E-state index is 6.73. The molecule has 6 aromatic carbocycles.